The Balaban J connectivity index is 0.000000392. The van der Waals surface area contributed by atoms with E-state index in [0.717, 1.165) is 32.7 Å². The van der Waals surface area contributed by atoms with Crippen LogP contribution < -0.4 is 0 Å². The standard InChI is InChI=1S/C23H27N3O2.C4H4O4/c27-22-15-21(20-9-5-2-6-10-20)17-26(22)18-23(28)25-13-11-24(12-14-25)16-19-7-3-1-4-8-19;5-3(6)1-2-4(7)8/h1-10,21H,11-18H2;1-2H,(H,5,6)(H,7,8)/b;2-1-. The second-order valence-electron chi connectivity index (χ2n) is 8.74. The molecule has 2 N–H and O–H groups in total. The van der Waals surface area contributed by atoms with Crippen LogP contribution in [0.15, 0.2) is 72.8 Å². The maximum atomic E-state index is 12.7. The fourth-order valence-electron chi connectivity index (χ4n) is 4.28. The number of carboxylic acids is 2. The topological polar surface area (TPSA) is 118 Å². The van der Waals surface area contributed by atoms with Crippen molar-refractivity contribution in [1.29, 1.82) is 0 Å². The van der Waals surface area contributed by atoms with Crippen LogP contribution in [0.2, 0.25) is 0 Å². The van der Waals surface area contributed by atoms with E-state index in [1.807, 2.05) is 29.2 Å². The Hall–Kier alpha value is -3.98. The van der Waals surface area contributed by atoms with Gasteiger partial charge in [-0.2, -0.15) is 0 Å². The number of rotatable bonds is 7. The average molecular weight is 494 g/mol. The lowest BCUT2D eigenvalue weighted by atomic mass is 9.99. The van der Waals surface area contributed by atoms with E-state index < -0.39 is 11.9 Å². The van der Waals surface area contributed by atoms with Gasteiger partial charge in [-0.25, -0.2) is 9.59 Å². The largest absolute Gasteiger partial charge is 0.478 e. The number of carbonyl (C=O) groups is 4. The molecule has 190 valence electrons. The molecule has 36 heavy (non-hydrogen) atoms. The number of aliphatic carboxylic acids is 2. The molecule has 1 unspecified atom stereocenters. The highest BCUT2D eigenvalue weighted by Gasteiger charge is 2.33. The van der Waals surface area contributed by atoms with Gasteiger partial charge in [0.2, 0.25) is 11.8 Å². The van der Waals surface area contributed by atoms with Gasteiger partial charge in [-0.15, -0.1) is 0 Å². The highest BCUT2D eigenvalue weighted by atomic mass is 16.4. The van der Waals surface area contributed by atoms with Crippen LogP contribution in [0.4, 0.5) is 0 Å². The van der Waals surface area contributed by atoms with Crippen molar-refractivity contribution in [2.75, 3.05) is 39.3 Å². The van der Waals surface area contributed by atoms with Gasteiger partial charge in [0.15, 0.2) is 0 Å². The number of likely N-dealkylation sites (tertiary alicyclic amines) is 1. The zero-order valence-corrected chi connectivity index (χ0v) is 20.0. The summed E-state index contributed by atoms with van der Waals surface area (Å²) in [5.74, 6) is -2.16. The molecule has 9 nitrogen and oxygen atoms in total. The van der Waals surface area contributed by atoms with Crippen molar-refractivity contribution in [3.63, 3.8) is 0 Å². The molecule has 0 bridgehead atoms. The van der Waals surface area contributed by atoms with Gasteiger partial charge in [0, 0.05) is 63.8 Å². The van der Waals surface area contributed by atoms with Crippen LogP contribution in [0.25, 0.3) is 0 Å². The third-order valence-electron chi connectivity index (χ3n) is 6.15. The Labute approximate surface area is 210 Å². The summed E-state index contributed by atoms with van der Waals surface area (Å²) in [5, 5.41) is 15.6. The number of carboxylic acid groups (broad SMARTS) is 2. The van der Waals surface area contributed by atoms with E-state index in [1.54, 1.807) is 4.90 Å². The molecular formula is C27H31N3O6. The van der Waals surface area contributed by atoms with Crippen LogP contribution in [0.5, 0.6) is 0 Å². The molecule has 2 aliphatic rings. The lowest BCUT2D eigenvalue weighted by Crippen LogP contribution is -2.51. The van der Waals surface area contributed by atoms with Crippen molar-refractivity contribution in [2.24, 2.45) is 0 Å². The van der Waals surface area contributed by atoms with Gasteiger partial charge < -0.3 is 20.0 Å². The number of nitrogens with zero attached hydrogens (tertiary/aromatic N) is 3. The maximum absolute atomic E-state index is 12.7. The minimum atomic E-state index is -1.26. The molecule has 0 spiro atoms. The number of piperazine rings is 1. The van der Waals surface area contributed by atoms with E-state index in [2.05, 4.69) is 41.3 Å². The second kappa shape index (κ2) is 13.2. The second-order valence-corrected chi connectivity index (χ2v) is 8.74. The van der Waals surface area contributed by atoms with Crippen molar-refractivity contribution < 1.29 is 29.4 Å². The number of hydrogen-bond donors (Lipinski definition) is 2. The fourth-order valence-corrected chi connectivity index (χ4v) is 4.28. The summed E-state index contributed by atoms with van der Waals surface area (Å²) >= 11 is 0. The molecule has 4 rings (SSSR count). The predicted molar refractivity (Wildman–Crippen MR) is 133 cm³/mol. The SMILES string of the molecule is O=C(CN1CC(c2ccccc2)CC1=O)N1CCN(Cc2ccccc2)CC1.O=C(O)/C=C\C(=O)O. The average Bonchev–Trinajstić information content (AvgIpc) is 3.24. The van der Waals surface area contributed by atoms with Crippen molar-refractivity contribution in [2.45, 2.75) is 18.9 Å². The minimum absolute atomic E-state index is 0.0708. The number of hydrogen-bond acceptors (Lipinski definition) is 5. The Morgan fingerprint density at radius 1 is 0.833 bits per heavy atom. The van der Waals surface area contributed by atoms with Gasteiger partial charge in [-0.1, -0.05) is 60.7 Å². The number of amides is 2. The van der Waals surface area contributed by atoms with Crippen LogP contribution in [-0.2, 0) is 25.7 Å². The molecule has 2 aliphatic heterocycles. The van der Waals surface area contributed by atoms with Gasteiger partial charge in [0.05, 0.1) is 6.54 Å². The van der Waals surface area contributed by atoms with Crippen LogP contribution >= 0.6 is 0 Å². The Bertz CT molecular complexity index is 1050. The molecule has 0 aromatic heterocycles. The summed E-state index contributed by atoms with van der Waals surface area (Å²) in [6.07, 6.45) is 1.62. The Morgan fingerprint density at radius 2 is 1.39 bits per heavy atom. The van der Waals surface area contributed by atoms with Crippen molar-refractivity contribution in [3.05, 3.63) is 83.9 Å². The normalized spacial score (nSPS) is 18.1. The van der Waals surface area contributed by atoms with Gasteiger partial charge in [-0.3, -0.25) is 14.5 Å². The molecule has 1 atom stereocenters. The molecule has 2 aromatic carbocycles. The predicted octanol–water partition coefficient (Wildman–Crippen LogP) is 2.06. The fraction of sp³-hybridized carbons (Fsp3) is 0.333. The van der Waals surface area contributed by atoms with Crippen molar-refractivity contribution in [1.82, 2.24) is 14.7 Å². The van der Waals surface area contributed by atoms with Gasteiger partial charge in [0.1, 0.15) is 0 Å². The van der Waals surface area contributed by atoms with E-state index in [-0.39, 0.29) is 24.3 Å². The molecule has 2 amide bonds. The molecule has 2 heterocycles. The summed E-state index contributed by atoms with van der Waals surface area (Å²) < 4.78 is 0. The molecular weight excluding hydrogens is 462 g/mol. The summed E-state index contributed by atoms with van der Waals surface area (Å²) in [6.45, 7) is 4.99. The van der Waals surface area contributed by atoms with E-state index in [9.17, 15) is 19.2 Å². The summed E-state index contributed by atoms with van der Waals surface area (Å²) in [5.41, 5.74) is 2.48. The Kier molecular flexibility index (Phi) is 9.76. The first-order chi connectivity index (χ1) is 17.3. The van der Waals surface area contributed by atoms with Crippen molar-refractivity contribution >= 4 is 23.8 Å². The first-order valence-corrected chi connectivity index (χ1v) is 11.8. The molecule has 0 aliphatic carbocycles. The third-order valence-corrected chi connectivity index (χ3v) is 6.15. The van der Waals surface area contributed by atoms with Crippen LogP contribution in [0.1, 0.15) is 23.5 Å². The molecule has 9 heteroatoms. The monoisotopic (exact) mass is 493 g/mol. The minimum Gasteiger partial charge on any atom is -0.478 e. The third kappa shape index (κ3) is 8.35. The van der Waals surface area contributed by atoms with Crippen LogP contribution in [0, 0.1) is 0 Å². The molecule has 2 saturated heterocycles. The van der Waals surface area contributed by atoms with Gasteiger partial charge in [-0.05, 0) is 11.1 Å². The van der Waals surface area contributed by atoms with E-state index in [1.165, 1.54) is 11.1 Å². The first kappa shape index (κ1) is 26.6. The van der Waals surface area contributed by atoms with Crippen molar-refractivity contribution in [3.8, 4) is 0 Å². The summed E-state index contributed by atoms with van der Waals surface area (Å²) in [4.78, 5) is 50.2. The lowest BCUT2D eigenvalue weighted by molar-refractivity contribution is -0.139. The van der Waals surface area contributed by atoms with E-state index in [0.29, 0.717) is 25.1 Å². The van der Waals surface area contributed by atoms with E-state index in [4.69, 9.17) is 10.2 Å². The zero-order valence-electron chi connectivity index (χ0n) is 20.0. The van der Waals surface area contributed by atoms with Crippen LogP contribution in [-0.4, -0.2) is 87.9 Å². The smallest absolute Gasteiger partial charge is 0.328 e. The number of benzene rings is 2. The highest BCUT2D eigenvalue weighted by Crippen LogP contribution is 2.27. The molecule has 0 radical (unpaired) electrons. The quantitative estimate of drug-likeness (QED) is 0.567. The maximum Gasteiger partial charge on any atom is 0.328 e. The Morgan fingerprint density at radius 3 is 1.94 bits per heavy atom. The van der Waals surface area contributed by atoms with Crippen LogP contribution in [0.3, 0.4) is 0 Å². The lowest BCUT2D eigenvalue weighted by Gasteiger charge is -2.35. The van der Waals surface area contributed by atoms with Gasteiger partial charge >= 0.3 is 11.9 Å². The summed E-state index contributed by atoms with van der Waals surface area (Å²) in [7, 11) is 0. The zero-order chi connectivity index (χ0) is 25.9. The highest BCUT2D eigenvalue weighted by molar-refractivity contribution is 5.89. The molecule has 2 fully saturated rings. The summed E-state index contributed by atoms with van der Waals surface area (Å²) in [6, 6.07) is 20.5. The molecule has 2 aromatic rings. The number of carbonyl (C=O) groups excluding carboxylic acids is 2. The first-order valence-electron chi connectivity index (χ1n) is 11.8. The van der Waals surface area contributed by atoms with E-state index >= 15 is 0 Å². The van der Waals surface area contributed by atoms with Gasteiger partial charge in [0.25, 0.3) is 0 Å². The molecule has 0 saturated carbocycles.